The summed E-state index contributed by atoms with van der Waals surface area (Å²) in [6.07, 6.45) is 5.35. The number of nitrogens with one attached hydrogen (secondary N) is 1. The molecule has 0 bridgehead atoms. The largest absolute Gasteiger partial charge is 0.330 e. The number of nitrogens with two attached hydrogens (primary N) is 1. The van der Waals surface area contributed by atoms with E-state index in [1.54, 1.807) is 0 Å². The summed E-state index contributed by atoms with van der Waals surface area (Å²) in [5, 5.41) is 3.58. The Morgan fingerprint density at radius 3 is 2.50 bits per heavy atom. The first kappa shape index (κ1) is 10.0. The van der Waals surface area contributed by atoms with Gasteiger partial charge in [0.2, 0.25) is 0 Å². The van der Waals surface area contributed by atoms with E-state index in [4.69, 9.17) is 5.73 Å². The van der Waals surface area contributed by atoms with Crippen LogP contribution in [0.5, 0.6) is 0 Å². The van der Waals surface area contributed by atoms with Gasteiger partial charge in [-0.3, -0.25) is 0 Å². The first-order valence-corrected chi connectivity index (χ1v) is 5.09. The van der Waals surface area contributed by atoms with Crippen molar-refractivity contribution in [2.24, 2.45) is 11.7 Å². The van der Waals surface area contributed by atoms with Gasteiger partial charge >= 0.3 is 0 Å². The Balaban J connectivity index is 2.10. The SMILES string of the molecule is CC(C)(CCN)NCC1CCC1. The van der Waals surface area contributed by atoms with Crippen LogP contribution in [-0.2, 0) is 0 Å². The second kappa shape index (κ2) is 4.24. The highest BCUT2D eigenvalue weighted by Crippen LogP contribution is 2.26. The van der Waals surface area contributed by atoms with E-state index in [2.05, 4.69) is 19.2 Å². The highest BCUT2D eigenvalue weighted by molar-refractivity contribution is 4.81. The van der Waals surface area contributed by atoms with E-state index < -0.39 is 0 Å². The minimum absolute atomic E-state index is 0.240. The van der Waals surface area contributed by atoms with Gasteiger partial charge in [0.15, 0.2) is 0 Å². The summed E-state index contributed by atoms with van der Waals surface area (Å²) in [5.41, 5.74) is 5.77. The van der Waals surface area contributed by atoms with Crippen LogP contribution in [0.3, 0.4) is 0 Å². The summed E-state index contributed by atoms with van der Waals surface area (Å²) in [5.74, 6) is 0.946. The lowest BCUT2D eigenvalue weighted by Gasteiger charge is -2.32. The molecule has 1 saturated carbocycles. The second-order valence-electron chi connectivity index (χ2n) is 4.60. The molecule has 0 atom stereocenters. The van der Waals surface area contributed by atoms with Crippen LogP contribution in [0.1, 0.15) is 39.5 Å². The molecule has 3 N–H and O–H groups in total. The molecular formula is C10H22N2. The van der Waals surface area contributed by atoms with Crippen molar-refractivity contribution in [2.45, 2.75) is 45.1 Å². The summed E-state index contributed by atoms with van der Waals surface area (Å²) in [4.78, 5) is 0. The Bertz CT molecular complexity index is 128. The molecule has 0 radical (unpaired) electrons. The van der Waals surface area contributed by atoms with Crippen LogP contribution in [0, 0.1) is 5.92 Å². The van der Waals surface area contributed by atoms with Crippen LogP contribution in [0.15, 0.2) is 0 Å². The average molecular weight is 170 g/mol. The molecule has 1 aliphatic carbocycles. The Morgan fingerprint density at radius 2 is 2.08 bits per heavy atom. The molecule has 1 fully saturated rings. The summed E-state index contributed by atoms with van der Waals surface area (Å²) in [6.45, 7) is 6.44. The zero-order valence-corrected chi connectivity index (χ0v) is 8.40. The van der Waals surface area contributed by atoms with Gasteiger partial charge in [0.05, 0.1) is 0 Å². The predicted molar refractivity (Wildman–Crippen MR) is 53.1 cm³/mol. The first-order valence-electron chi connectivity index (χ1n) is 5.09. The van der Waals surface area contributed by atoms with Crippen molar-refractivity contribution in [1.82, 2.24) is 5.32 Å². The van der Waals surface area contributed by atoms with Gasteiger partial charge in [0, 0.05) is 5.54 Å². The molecule has 1 aliphatic rings. The van der Waals surface area contributed by atoms with Crippen LogP contribution < -0.4 is 11.1 Å². The van der Waals surface area contributed by atoms with E-state index in [0.717, 1.165) is 18.9 Å². The molecule has 1 rings (SSSR count). The van der Waals surface area contributed by atoms with E-state index in [1.807, 2.05) is 0 Å². The quantitative estimate of drug-likeness (QED) is 0.656. The van der Waals surface area contributed by atoms with Crippen LogP contribution in [-0.4, -0.2) is 18.6 Å². The number of hydrogen-bond donors (Lipinski definition) is 2. The normalized spacial score (nSPS) is 19.2. The summed E-state index contributed by atoms with van der Waals surface area (Å²) in [7, 11) is 0. The van der Waals surface area contributed by atoms with Gasteiger partial charge in [-0.05, 0) is 52.1 Å². The molecule has 12 heavy (non-hydrogen) atoms. The third-order valence-electron chi connectivity index (χ3n) is 2.86. The molecule has 0 heterocycles. The van der Waals surface area contributed by atoms with Crippen molar-refractivity contribution < 1.29 is 0 Å². The van der Waals surface area contributed by atoms with Crippen LogP contribution in [0.4, 0.5) is 0 Å². The molecule has 0 saturated heterocycles. The van der Waals surface area contributed by atoms with E-state index >= 15 is 0 Å². The van der Waals surface area contributed by atoms with Crippen molar-refractivity contribution in [3.63, 3.8) is 0 Å². The van der Waals surface area contributed by atoms with E-state index in [0.29, 0.717) is 0 Å². The fraction of sp³-hybridized carbons (Fsp3) is 1.00. The molecule has 0 aliphatic heterocycles. The zero-order valence-electron chi connectivity index (χ0n) is 8.40. The summed E-state index contributed by atoms with van der Waals surface area (Å²) in [6, 6.07) is 0. The molecule has 0 spiro atoms. The lowest BCUT2D eigenvalue weighted by Crippen LogP contribution is -2.44. The van der Waals surface area contributed by atoms with E-state index in [-0.39, 0.29) is 5.54 Å². The van der Waals surface area contributed by atoms with Gasteiger partial charge in [-0.25, -0.2) is 0 Å². The molecule has 0 aromatic rings. The highest BCUT2D eigenvalue weighted by Gasteiger charge is 2.21. The fourth-order valence-electron chi connectivity index (χ4n) is 1.57. The Kier molecular flexibility index (Phi) is 3.53. The zero-order chi connectivity index (χ0) is 9.03. The third-order valence-corrected chi connectivity index (χ3v) is 2.86. The molecule has 2 heteroatoms. The summed E-state index contributed by atoms with van der Waals surface area (Å²) >= 11 is 0. The van der Waals surface area contributed by atoms with Crippen LogP contribution in [0.2, 0.25) is 0 Å². The van der Waals surface area contributed by atoms with Crippen molar-refractivity contribution in [2.75, 3.05) is 13.1 Å². The monoisotopic (exact) mass is 170 g/mol. The molecule has 0 aromatic heterocycles. The van der Waals surface area contributed by atoms with Crippen molar-refractivity contribution in [3.05, 3.63) is 0 Å². The number of hydrogen-bond acceptors (Lipinski definition) is 2. The van der Waals surface area contributed by atoms with Gasteiger partial charge in [-0.1, -0.05) is 6.42 Å². The van der Waals surface area contributed by atoms with Gasteiger partial charge in [0.25, 0.3) is 0 Å². The fourth-order valence-corrected chi connectivity index (χ4v) is 1.57. The van der Waals surface area contributed by atoms with Gasteiger partial charge in [-0.15, -0.1) is 0 Å². The average Bonchev–Trinajstić information content (AvgIpc) is 1.82. The highest BCUT2D eigenvalue weighted by atomic mass is 15.0. The number of rotatable bonds is 5. The van der Waals surface area contributed by atoms with Crippen molar-refractivity contribution in [3.8, 4) is 0 Å². The van der Waals surface area contributed by atoms with Crippen LogP contribution in [0.25, 0.3) is 0 Å². The Morgan fingerprint density at radius 1 is 1.42 bits per heavy atom. The van der Waals surface area contributed by atoms with Crippen molar-refractivity contribution in [1.29, 1.82) is 0 Å². The van der Waals surface area contributed by atoms with E-state index in [1.165, 1.54) is 25.8 Å². The van der Waals surface area contributed by atoms with E-state index in [9.17, 15) is 0 Å². The predicted octanol–water partition coefficient (Wildman–Crippen LogP) is 1.50. The maximum atomic E-state index is 5.53. The van der Waals surface area contributed by atoms with Gasteiger partial charge in [0.1, 0.15) is 0 Å². The third kappa shape index (κ3) is 3.11. The lowest BCUT2D eigenvalue weighted by atomic mass is 9.84. The molecule has 0 amide bonds. The minimum Gasteiger partial charge on any atom is -0.330 e. The maximum absolute atomic E-state index is 5.53. The smallest absolute Gasteiger partial charge is 0.0137 e. The maximum Gasteiger partial charge on any atom is 0.0137 e. The molecule has 72 valence electrons. The van der Waals surface area contributed by atoms with Gasteiger partial charge < -0.3 is 11.1 Å². The van der Waals surface area contributed by atoms with Gasteiger partial charge in [-0.2, -0.15) is 0 Å². The molecule has 0 unspecified atom stereocenters. The topological polar surface area (TPSA) is 38.0 Å². The molecule has 2 nitrogen and oxygen atoms in total. The molecule has 0 aromatic carbocycles. The Hall–Kier alpha value is -0.0800. The first-order chi connectivity index (χ1) is 5.64. The van der Waals surface area contributed by atoms with Crippen LogP contribution >= 0.6 is 0 Å². The molecular weight excluding hydrogens is 148 g/mol. The summed E-state index contributed by atoms with van der Waals surface area (Å²) < 4.78 is 0. The second-order valence-corrected chi connectivity index (χ2v) is 4.60. The lowest BCUT2D eigenvalue weighted by molar-refractivity contribution is 0.257. The minimum atomic E-state index is 0.240. The Labute approximate surface area is 75.9 Å². The van der Waals surface area contributed by atoms with Crippen molar-refractivity contribution >= 4 is 0 Å². The standard InChI is InChI=1S/C10H22N2/c1-10(2,6-7-11)12-8-9-4-3-5-9/h9,12H,3-8,11H2,1-2H3.